The molecule has 1 aromatic heterocycles. The number of aryl methyl sites for hydroxylation is 1. The zero-order valence-electron chi connectivity index (χ0n) is 15.4. The Labute approximate surface area is 176 Å². The Morgan fingerprint density at radius 1 is 0.931 bits per heavy atom. The third-order valence-corrected chi connectivity index (χ3v) is 6.40. The van der Waals surface area contributed by atoms with E-state index in [1.807, 2.05) is 0 Å². The van der Waals surface area contributed by atoms with Crippen LogP contribution in [-0.4, -0.2) is 11.8 Å². The molecule has 3 aromatic rings. The minimum absolute atomic E-state index is 0.0590. The predicted octanol–water partition coefficient (Wildman–Crippen LogP) is 5.92. The molecule has 1 heterocycles. The number of thiophene rings is 1. The van der Waals surface area contributed by atoms with Crippen LogP contribution < -0.4 is 10.6 Å². The Morgan fingerprint density at radius 3 is 2.45 bits per heavy atom. The molecule has 148 valence electrons. The van der Waals surface area contributed by atoms with Gasteiger partial charge < -0.3 is 10.6 Å². The van der Waals surface area contributed by atoms with Crippen molar-refractivity contribution in [2.45, 2.75) is 25.7 Å². The van der Waals surface area contributed by atoms with E-state index in [0.717, 1.165) is 36.1 Å². The van der Waals surface area contributed by atoms with Crippen LogP contribution in [0.15, 0.2) is 48.5 Å². The SMILES string of the molecule is O=C(Nc1sc2c(c1C(=O)Nc1ccccc1Cl)CCCC2)c1ccccc1F. The van der Waals surface area contributed by atoms with Gasteiger partial charge in [-0.2, -0.15) is 0 Å². The van der Waals surface area contributed by atoms with Gasteiger partial charge in [0.2, 0.25) is 0 Å². The summed E-state index contributed by atoms with van der Waals surface area (Å²) in [5.41, 5.74) is 1.83. The van der Waals surface area contributed by atoms with Crippen LogP contribution in [0, 0.1) is 5.82 Å². The number of hydrogen-bond donors (Lipinski definition) is 2. The maximum Gasteiger partial charge on any atom is 0.259 e. The minimum atomic E-state index is -0.603. The van der Waals surface area contributed by atoms with Gasteiger partial charge in [0.25, 0.3) is 11.8 Å². The molecule has 1 aliphatic rings. The van der Waals surface area contributed by atoms with Crippen molar-refractivity contribution in [2.24, 2.45) is 0 Å². The molecular formula is C22H18ClFN2O2S. The number of rotatable bonds is 4. The van der Waals surface area contributed by atoms with Crippen molar-refractivity contribution in [3.8, 4) is 0 Å². The van der Waals surface area contributed by atoms with Crippen LogP contribution in [0.25, 0.3) is 0 Å². The first-order valence-electron chi connectivity index (χ1n) is 9.31. The molecule has 2 amide bonds. The van der Waals surface area contributed by atoms with Crippen molar-refractivity contribution in [2.75, 3.05) is 10.6 Å². The molecule has 4 rings (SSSR count). The quantitative estimate of drug-likeness (QED) is 0.541. The lowest BCUT2D eigenvalue weighted by Crippen LogP contribution is -2.19. The highest BCUT2D eigenvalue weighted by molar-refractivity contribution is 7.17. The number of fused-ring (bicyclic) bond motifs is 1. The van der Waals surface area contributed by atoms with Crippen LogP contribution in [-0.2, 0) is 12.8 Å². The summed E-state index contributed by atoms with van der Waals surface area (Å²) < 4.78 is 14.0. The van der Waals surface area contributed by atoms with Gasteiger partial charge in [-0.15, -0.1) is 11.3 Å². The van der Waals surface area contributed by atoms with Crippen LogP contribution in [0.4, 0.5) is 15.1 Å². The average Bonchev–Trinajstić information content (AvgIpc) is 3.07. The Kier molecular flexibility index (Phi) is 5.65. The maximum absolute atomic E-state index is 14.0. The lowest BCUT2D eigenvalue weighted by Gasteiger charge is -2.14. The van der Waals surface area contributed by atoms with Crippen LogP contribution in [0.5, 0.6) is 0 Å². The van der Waals surface area contributed by atoms with E-state index in [1.165, 1.54) is 29.5 Å². The van der Waals surface area contributed by atoms with Crippen molar-refractivity contribution in [1.29, 1.82) is 0 Å². The van der Waals surface area contributed by atoms with Gasteiger partial charge in [0.05, 0.1) is 21.8 Å². The van der Waals surface area contributed by atoms with Crippen molar-refractivity contribution in [3.05, 3.63) is 80.9 Å². The molecule has 0 radical (unpaired) electrons. The molecular weight excluding hydrogens is 411 g/mol. The van der Waals surface area contributed by atoms with Crippen molar-refractivity contribution < 1.29 is 14.0 Å². The number of carbonyl (C=O) groups is 2. The van der Waals surface area contributed by atoms with Gasteiger partial charge in [-0.3, -0.25) is 9.59 Å². The molecule has 29 heavy (non-hydrogen) atoms. The van der Waals surface area contributed by atoms with Gasteiger partial charge in [0.15, 0.2) is 0 Å². The first kappa shape index (κ1) is 19.6. The molecule has 1 aliphatic carbocycles. The second kappa shape index (κ2) is 8.35. The first-order valence-corrected chi connectivity index (χ1v) is 10.5. The van der Waals surface area contributed by atoms with E-state index in [9.17, 15) is 14.0 Å². The fourth-order valence-electron chi connectivity index (χ4n) is 3.46. The van der Waals surface area contributed by atoms with Gasteiger partial charge in [0.1, 0.15) is 10.8 Å². The number of hydrogen-bond acceptors (Lipinski definition) is 3. The van der Waals surface area contributed by atoms with Crippen LogP contribution in [0.3, 0.4) is 0 Å². The lowest BCUT2D eigenvalue weighted by molar-refractivity contribution is 0.102. The van der Waals surface area contributed by atoms with E-state index in [1.54, 1.807) is 30.3 Å². The summed E-state index contributed by atoms with van der Waals surface area (Å²) in [5, 5.41) is 6.46. The summed E-state index contributed by atoms with van der Waals surface area (Å²) in [5.74, 6) is -1.51. The topological polar surface area (TPSA) is 58.2 Å². The summed E-state index contributed by atoms with van der Waals surface area (Å²) in [6.07, 6.45) is 3.66. The second-order valence-electron chi connectivity index (χ2n) is 6.78. The van der Waals surface area contributed by atoms with Crippen molar-refractivity contribution >= 4 is 45.4 Å². The summed E-state index contributed by atoms with van der Waals surface area (Å²) in [6.45, 7) is 0. The second-order valence-corrected chi connectivity index (χ2v) is 8.30. The normalized spacial score (nSPS) is 12.9. The molecule has 2 N–H and O–H groups in total. The van der Waals surface area contributed by atoms with E-state index >= 15 is 0 Å². The number of amides is 2. The molecule has 0 aliphatic heterocycles. The van der Waals surface area contributed by atoms with Crippen LogP contribution >= 0.6 is 22.9 Å². The molecule has 0 saturated carbocycles. The zero-order valence-corrected chi connectivity index (χ0v) is 17.0. The largest absolute Gasteiger partial charge is 0.321 e. The minimum Gasteiger partial charge on any atom is -0.321 e. The molecule has 0 fully saturated rings. The Morgan fingerprint density at radius 2 is 1.66 bits per heavy atom. The molecule has 0 saturated heterocycles. The van der Waals surface area contributed by atoms with Crippen LogP contribution in [0.2, 0.25) is 5.02 Å². The van der Waals surface area contributed by atoms with Gasteiger partial charge in [-0.25, -0.2) is 4.39 Å². The lowest BCUT2D eigenvalue weighted by atomic mass is 9.95. The number of anilines is 2. The first-order chi connectivity index (χ1) is 14.0. The highest BCUT2D eigenvalue weighted by Gasteiger charge is 2.27. The van der Waals surface area contributed by atoms with E-state index in [0.29, 0.717) is 21.3 Å². The van der Waals surface area contributed by atoms with E-state index in [4.69, 9.17) is 11.6 Å². The van der Waals surface area contributed by atoms with Gasteiger partial charge in [0, 0.05) is 4.88 Å². The molecule has 4 nitrogen and oxygen atoms in total. The highest BCUT2D eigenvalue weighted by atomic mass is 35.5. The number of benzene rings is 2. The molecule has 0 bridgehead atoms. The van der Waals surface area contributed by atoms with Gasteiger partial charge in [-0.1, -0.05) is 35.9 Å². The Hall–Kier alpha value is -2.70. The number of para-hydroxylation sites is 1. The number of nitrogens with one attached hydrogen (secondary N) is 2. The van der Waals surface area contributed by atoms with Gasteiger partial charge >= 0.3 is 0 Å². The van der Waals surface area contributed by atoms with Gasteiger partial charge in [-0.05, 0) is 55.5 Å². The standard InChI is InChI=1S/C22H18ClFN2O2S/c23-15-9-3-5-11-17(15)25-21(28)19-14-8-2-6-12-18(14)29-22(19)26-20(27)13-7-1-4-10-16(13)24/h1,3-5,7,9-11H,2,6,8,12H2,(H,25,28)(H,26,27). The summed E-state index contributed by atoms with van der Waals surface area (Å²) >= 11 is 7.56. The Bertz CT molecular complexity index is 1100. The molecule has 0 atom stereocenters. The summed E-state index contributed by atoms with van der Waals surface area (Å²) in [7, 11) is 0. The fourth-order valence-corrected chi connectivity index (χ4v) is 4.92. The van der Waals surface area contributed by atoms with E-state index < -0.39 is 11.7 Å². The van der Waals surface area contributed by atoms with Crippen molar-refractivity contribution in [3.63, 3.8) is 0 Å². The monoisotopic (exact) mass is 428 g/mol. The molecule has 0 unspecified atom stereocenters. The van der Waals surface area contributed by atoms with E-state index in [2.05, 4.69) is 10.6 Å². The highest BCUT2D eigenvalue weighted by Crippen LogP contribution is 2.39. The summed E-state index contributed by atoms with van der Waals surface area (Å²) in [4.78, 5) is 26.8. The molecule has 0 spiro atoms. The smallest absolute Gasteiger partial charge is 0.259 e. The third-order valence-electron chi connectivity index (χ3n) is 4.87. The average molecular weight is 429 g/mol. The number of carbonyl (C=O) groups excluding carboxylic acids is 2. The Balaban J connectivity index is 1.68. The van der Waals surface area contributed by atoms with E-state index in [-0.39, 0.29) is 11.5 Å². The molecule has 2 aromatic carbocycles. The summed E-state index contributed by atoms with van der Waals surface area (Å²) in [6, 6.07) is 12.8. The van der Waals surface area contributed by atoms with Crippen molar-refractivity contribution in [1.82, 2.24) is 0 Å². The predicted molar refractivity (Wildman–Crippen MR) is 115 cm³/mol. The number of halogens is 2. The zero-order chi connectivity index (χ0) is 20.4. The van der Waals surface area contributed by atoms with Crippen LogP contribution in [0.1, 0.15) is 44.0 Å². The maximum atomic E-state index is 14.0. The fraction of sp³-hybridized carbons (Fsp3) is 0.182. The molecule has 7 heteroatoms. The third kappa shape index (κ3) is 4.04.